The number of nitrogens with one attached hydrogen (secondary N) is 1. The molecule has 162 valence electrons. The molecule has 7 nitrogen and oxygen atoms in total. The molecule has 5 rings (SSSR count). The lowest BCUT2D eigenvalue weighted by atomic mass is 9.62. The van der Waals surface area contributed by atoms with Crippen molar-refractivity contribution in [3.63, 3.8) is 0 Å². The summed E-state index contributed by atoms with van der Waals surface area (Å²) in [5.74, 6) is 1.39. The average molecular weight is 411 g/mol. The maximum absolute atomic E-state index is 11.2. The van der Waals surface area contributed by atoms with Crippen molar-refractivity contribution in [3.05, 3.63) is 41.7 Å². The number of imidazole rings is 1. The predicted octanol–water partition coefficient (Wildman–Crippen LogP) is 3.72. The minimum absolute atomic E-state index is 0.189. The molecule has 1 aliphatic carbocycles. The zero-order valence-electron chi connectivity index (χ0n) is 18.6. The summed E-state index contributed by atoms with van der Waals surface area (Å²) in [5.41, 5.74) is 8.46. The molecule has 30 heavy (non-hydrogen) atoms. The molecule has 3 fully saturated rings. The Morgan fingerprint density at radius 2 is 2.10 bits per heavy atom. The molecule has 0 radical (unpaired) electrons. The smallest absolute Gasteiger partial charge is 0.269 e. The summed E-state index contributed by atoms with van der Waals surface area (Å²) in [6, 6.07) is 0. The highest BCUT2D eigenvalue weighted by Gasteiger charge is 2.59. The van der Waals surface area contributed by atoms with E-state index in [9.17, 15) is 4.79 Å². The molecule has 1 saturated carbocycles. The Bertz CT molecular complexity index is 919. The van der Waals surface area contributed by atoms with E-state index in [1.807, 2.05) is 44.7 Å². The number of rotatable bonds is 4. The first-order chi connectivity index (χ1) is 14.5. The Hall–Kier alpha value is -2.67. The fourth-order valence-electron chi connectivity index (χ4n) is 4.94. The summed E-state index contributed by atoms with van der Waals surface area (Å²) in [6.07, 6.45) is 13.1. The third-order valence-electron chi connectivity index (χ3n) is 6.68. The van der Waals surface area contributed by atoms with E-state index in [2.05, 4.69) is 26.7 Å². The number of allylic oxidation sites excluding steroid dienone is 1. The van der Waals surface area contributed by atoms with E-state index in [1.54, 1.807) is 12.3 Å². The molecule has 1 amide bonds. The van der Waals surface area contributed by atoms with Gasteiger partial charge < -0.3 is 10.3 Å². The molecular weight excluding hydrogens is 376 g/mol. The number of aryl methyl sites for hydroxylation is 1. The number of aromatic amines is 1. The lowest BCUT2D eigenvalue weighted by Gasteiger charge is -2.58. The first-order valence-electron chi connectivity index (χ1n) is 10.9. The molecule has 3 N–H and O–H groups in total. The van der Waals surface area contributed by atoms with Crippen LogP contribution in [-0.4, -0.2) is 49.2 Å². The van der Waals surface area contributed by atoms with Crippen LogP contribution >= 0.6 is 0 Å². The molecule has 7 heteroatoms. The first-order valence-corrected chi connectivity index (χ1v) is 10.9. The number of nitrogens with zero attached hydrogens (tertiary/aromatic N) is 4. The monoisotopic (exact) mass is 410 g/mol. The van der Waals surface area contributed by atoms with Crippen molar-refractivity contribution in [2.75, 3.05) is 13.1 Å². The molecule has 4 heterocycles. The molecule has 2 saturated heterocycles. The molecule has 2 unspecified atom stereocenters. The average Bonchev–Trinajstić information content (AvgIpc) is 3.34. The summed E-state index contributed by atoms with van der Waals surface area (Å²) < 4.78 is 1.91. The summed E-state index contributed by atoms with van der Waals surface area (Å²) >= 11 is 0. The van der Waals surface area contributed by atoms with Crippen LogP contribution in [-0.2, 0) is 7.05 Å². The van der Waals surface area contributed by atoms with E-state index in [1.165, 1.54) is 38.8 Å². The molecule has 3 aliphatic rings. The third kappa shape index (κ3) is 3.74. The summed E-state index contributed by atoms with van der Waals surface area (Å²) in [6.45, 7) is 12.4. The van der Waals surface area contributed by atoms with Gasteiger partial charge in [0.1, 0.15) is 5.82 Å². The number of primary amides is 1. The highest BCUT2D eigenvalue weighted by Crippen LogP contribution is 2.57. The molecule has 0 bridgehead atoms. The van der Waals surface area contributed by atoms with Gasteiger partial charge in [0, 0.05) is 37.1 Å². The Labute approximate surface area is 179 Å². The molecule has 0 aromatic carbocycles. The van der Waals surface area contributed by atoms with Gasteiger partial charge in [-0.3, -0.25) is 14.8 Å². The van der Waals surface area contributed by atoms with Crippen LogP contribution in [0.15, 0.2) is 19.0 Å². The van der Waals surface area contributed by atoms with E-state index >= 15 is 0 Å². The highest BCUT2D eigenvalue weighted by molar-refractivity contribution is 5.96. The zero-order chi connectivity index (χ0) is 21.9. The van der Waals surface area contributed by atoms with Gasteiger partial charge in [-0.1, -0.05) is 26.5 Å². The Kier molecular flexibility index (Phi) is 6.61. The lowest BCUT2D eigenvalue weighted by molar-refractivity contribution is -0.0659. The number of H-pyrrole nitrogens is 1. The number of carbonyl (C=O) groups is 1. The molecule has 2 aliphatic heterocycles. The van der Waals surface area contributed by atoms with Gasteiger partial charge in [0.2, 0.25) is 0 Å². The Morgan fingerprint density at radius 3 is 2.53 bits per heavy atom. The van der Waals surface area contributed by atoms with Crippen molar-refractivity contribution in [2.24, 2.45) is 18.7 Å². The van der Waals surface area contributed by atoms with Gasteiger partial charge in [-0.05, 0) is 56.7 Å². The largest absolute Gasteiger partial charge is 0.364 e. The van der Waals surface area contributed by atoms with Crippen LogP contribution in [0.3, 0.4) is 0 Å². The van der Waals surface area contributed by atoms with Crippen molar-refractivity contribution >= 4 is 23.6 Å². The molecular formula is C23H34N6O. The van der Waals surface area contributed by atoms with Gasteiger partial charge in [-0.15, -0.1) is 0 Å². The normalized spacial score (nSPS) is 24.1. The van der Waals surface area contributed by atoms with Crippen molar-refractivity contribution in [2.45, 2.75) is 52.0 Å². The number of aromatic nitrogens is 4. The predicted molar refractivity (Wildman–Crippen MR) is 122 cm³/mol. The summed E-state index contributed by atoms with van der Waals surface area (Å²) in [4.78, 5) is 18.2. The Morgan fingerprint density at radius 1 is 1.33 bits per heavy atom. The third-order valence-corrected chi connectivity index (χ3v) is 6.68. The Balaban J connectivity index is 0.000000190. The lowest BCUT2D eigenvalue weighted by Crippen LogP contribution is -2.63. The second kappa shape index (κ2) is 9.00. The minimum atomic E-state index is -0.583. The van der Waals surface area contributed by atoms with E-state index in [0.29, 0.717) is 11.3 Å². The van der Waals surface area contributed by atoms with Gasteiger partial charge in [0.15, 0.2) is 5.69 Å². The second-order valence-corrected chi connectivity index (χ2v) is 8.02. The van der Waals surface area contributed by atoms with Crippen LogP contribution in [0.4, 0.5) is 0 Å². The van der Waals surface area contributed by atoms with Crippen LogP contribution in [0.2, 0.25) is 0 Å². The zero-order valence-corrected chi connectivity index (χ0v) is 18.6. The fourth-order valence-corrected chi connectivity index (χ4v) is 4.94. The molecule has 2 atom stereocenters. The van der Waals surface area contributed by atoms with Gasteiger partial charge in [0.05, 0.1) is 5.69 Å². The van der Waals surface area contributed by atoms with Crippen molar-refractivity contribution < 1.29 is 4.79 Å². The van der Waals surface area contributed by atoms with E-state index in [0.717, 1.165) is 22.9 Å². The van der Waals surface area contributed by atoms with Crippen molar-refractivity contribution in [1.82, 2.24) is 24.6 Å². The second-order valence-electron chi connectivity index (χ2n) is 8.02. The minimum Gasteiger partial charge on any atom is -0.364 e. The molecule has 2 aromatic rings. The van der Waals surface area contributed by atoms with E-state index in [-0.39, 0.29) is 5.69 Å². The summed E-state index contributed by atoms with van der Waals surface area (Å²) in [7, 11) is 1.91. The van der Waals surface area contributed by atoms with Crippen LogP contribution in [0.25, 0.3) is 17.7 Å². The highest BCUT2D eigenvalue weighted by atomic mass is 16.1. The van der Waals surface area contributed by atoms with Crippen molar-refractivity contribution in [1.29, 1.82) is 0 Å². The first kappa shape index (κ1) is 22.0. The van der Waals surface area contributed by atoms with Gasteiger partial charge in [-0.25, -0.2) is 4.98 Å². The SMILES string of the molecule is C1CN2CCC23CCC13.C=Cc1c(C(N)=O)n[nH]c1/C=C(\C)c1nccn1C.CC. The van der Waals surface area contributed by atoms with Gasteiger partial charge in [-0.2, -0.15) is 5.10 Å². The summed E-state index contributed by atoms with van der Waals surface area (Å²) in [5, 5.41) is 6.68. The van der Waals surface area contributed by atoms with Crippen LogP contribution < -0.4 is 5.73 Å². The topological polar surface area (TPSA) is 92.8 Å². The standard InChI is InChI=1S/C13H15N5O.C8H13N.C2H6/c1-4-9-10(16-17-11(9)12(14)19)7-8(2)13-15-5-6-18(13)3;1-3-8-4-6-9(8)5-2-7(1)8;1-2/h4-7H,1H2,2-3H3,(H2,14,19)(H,16,17);7H,1-6H2;1-2H3/b8-7+;;. The van der Waals surface area contributed by atoms with Crippen LogP contribution in [0.5, 0.6) is 0 Å². The molecule has 1 spiro atoms. The number of nitrogens with two attached hydrogens (primary N) is 1. The quantitative estimate of drug-likeness (QED) is 0.803. The number of hydrogen-bond acceptors (Lipinski definition) is 4. The molecule has 2 aromatic heterocycles. The van der Waals surface area contributed by atoms with E-state index in [4.69, 9.17) is 5.73 Å². The fraction of sp³-hybridized carbons (Fsp3) is 0.522. The maximum Gasteiger partial charge on any atom is 0.269 e. The van der Waals surface area contributed by atoms with Crippen LogP contribution in [0.1, 0.15) is 74.0 Å². The number of carbonyl (C=O) groups excluding carboxylic acids is 1. The number of hydrogen-bond donors (Lipinski definition) is 2. The van der Waals surface area contributed by atoms with Crippen LogP contribution in [0, 0.1) is 5.92 Å². The maximum atomic E-state index is 11.2. The van der Waals surface area contributed by atoms with E-state index < -0.39 is 5.91 Å². The van der Waals surface area contributed by atoms with Gasteiger partial charge >= 0.3 is 0 Å². The van der Waals surface area contributed by atoms with Gasteiger partial charge in [0.25, 0.3) is 5.91 Å². The van der Waals surface area contributed by atoms with Crippen molar-refractivity contribution in [3.8, 4) is 0 Å². The number of amides is 1.